The zero-order chi connectivity index (χ0) is 13.0. The topological polar surface area (TPSA) is 12.5 Å². The van der Waals surface area contributed by atoms with Crippen molar-refractivity contribution in [2.45, 2.75) is 32.7 Å². The molecule has 1 fully saturated rings. The summed E-state index contributed by atoms with van der Waals surface area (Å²) in [4.78, 5) is 2.54. The number of nitrogens with zero attached hydrogens (tertiary/aromatic N) is 1. The van der Waals surface area contributed by atoms with Gasteiger partial charge in [-0.25, -0.2) is 0 Å². The molecule has 0 saturated carbocycles. The molecule has 1 aromatic carbocycles. The third kappa shape index (κ3) is 3.99. The highest BCUT2D eigenvalue weighted by atomic mass is 79.9. The molecule has 0 N–H and O–H groups in total. The van der Waals surface area contributed by atoms with Crippen molar-refractivity contribution in [3.63, 3.8) is 0 Å². The van der Waals surface area contributed by atoms with Crippen LogP contribution in [0.5, 0.6) is 5.75 Å². The molecule has 2 atom stereocenters. The van der Waals surface area contributed by atoms with E-state index < -0.39 is 0 Å². The molecule has 0 amide bonds. The molecule has 1 aliphatic rings. The van der Waals surface area contributed by atoms with Gasteiger partial charge in [0.2, 0.25) is 0 Å². The van der Waals surface area contributed by atoms with Crippen LogP contribution in [0.3, 0.4) is 0 Å². The average molecular weight is 312 g/mol. The van der Waals surface area contributed by atoms with Gasteiger partial charge >= 0.3 is 0 Å². The maximum atomic E-state index is 5.78. The first-order valence-electron chi connectivity index (χ1n) is 6.77. The molecule has 2 unspecified atom stereocenters. The monoisotopic (exact) mass is 311 g/mol. The van der Waals surface area contributed by atoms with E-state index in [1.165, 1.54) is 19.4 Å². The first-order valence-corrected chi connectivity index (χ1v) is 7.57. The molecule has 2 rings (SSSR count). The minimum absolute atomic E-state index is 0.697. The van der Waals surface area contributed by atoms with E-state index >= 15 is 0 Å². The summed E-state index contributed by atoms with van der Waals surface area (Å²) in [6.07, 6.45) is 2.64. The van der Waals surface area contributed by atoms with Gasteiger partial charge in [0.1, 0.15) is 12.4 Å². The molecule has 18 heavy (non-hydrogen) atoms. The summed E-state index contributed by atoms with van der Waals surface area (Å²) in [6, 6.07) is 8.74. The van der Waals surface area contributed by atoms with Gasteiger partial charge in [0, 0.05) is 17.1 Å². The van der Waals surface area contributed by atoms with E-state index in [1.54, 1.807) is 0 Å². The zero-order valence-electron chi connectivity index (χ0n) is 11.2. The first kappa shape index (κ1) is 13.9. The van der Waals surface area contributed by atoms with E-state index in [-0.39, 0.29) is 0 Å². The SMILES string of the molecule is CC1CCN(CCOc2ccc(Br)cc2)C(C)C1. The van der Waals surface area contributed by atoms with Crippen LogP contribution in [-0.2, 0) is 0 Å². The Balaban J connectivity index is 1.73. The Labute approximate surface area is 118 Å². The number of halogens is 1. The number of benzene rings is 1. The van der Waals surface area contributed by atoms with Gasteiger partial charge in [0.15, 0.2) is 0 Å². The lowest BCUT2D eigenvalue weighted by atomic mass is 9.93. The van der Waals surface area contributed by atoms with Crippen molar-refractivity contribution in [1.82, 2.24) is 4.90 Å². The number of piperidine rings is 1. The average Bonchev–Trinajstić information content (AvgIpc) is 2.34. The Morgan fingerprint density at radius 3 is 2.67 bits per heavy atom. The summed E-state index contributed by atoms with van der Waals surface area (Å²) < 4.78 is 6.87. The summed E-state index contributed by atoms with van der Waals surface area (Å²) in [6.45, 7) is 7.71. The van der Waals surface area contributed by atoms with Crippen LogP contribution in [0, 0.1) is 5.92 Å². The highest BCUT2D eigenvalue weighted by Gasteiger charge is 2.22. The molecule has 0 radical (unpaired) electrons. The maximum Gasteiger partial charge on any atom is 0.119 e. The van der Waals surface area contributed by atoms with Crippen LogP contribution in [0.4, 0.5) is 0 Å². The molecule has 1 saturated heterocycles. The van der Waals surface area contributed by atoms with Crippen LogP contribution in [-0.4, -0.2) is 30.6 Å². The lowest BCUT2D eigenvalue weighted by Gasteiger charge is -2.36. The fourth-order valence-corrected chi connectivity index (χ4v) is 2.86. The molecule has 0 spiro atoms. The number of ether oxygens (including phenoxy) is 1. The summed E-state index contributed by atoms with van der Waals surface area (Å²) in [7, 11) is 0. The normalized spacial score (nSPS) is 25.1. The van der Waals surface area contributed by atoms with Crippen LogP contribution in [0.25, 0.3) is 0 Å². The Morgan fingerprint density at radius 1 is 1.28 bits per heavy atom. The molecule has 1 aromatic rings. The molecular formula is C15H22BrNO. The Bertz CT molecular complexity index is 365. The minimum atomic E-state index is 0.697. The van der Waals surface area contributed by atoms with Gasteiger partial charge < -0.3 is 4.74 Å². The lowest BCUT2D eigenvalue weighted by Crippen LogP contribution is -2.42. The first-order chi connectivity index (χ1) is 8.65. The predicted octanol–water partition coefficient (Wildman–Crippen LogP) is 3.95. The van der Waals surface area contributed by atoms with Crippen LogP contribution < -0.4 is 4.74 Å². The van der Waals surface area contributed by atoms with Crippen LogP contribution >= 0.6 is 15.9 Å². The predicted molar refractivity (Wildman–Crippen MR) is 79.1 cm³/mol. The van der Waals surface area contributed by atoms with Gasteiger partial charge in [-0.2, -0.15) is 0 Å². The highest BCUT2D eigenvalue weighted by Crippen LogP contribution is 2.22. The third-order valence-electron chi connectivity index (χ3n) is 3.74. The van der Waals surface area contributed by atoms with Crippen molar-refractivity contribution >= 4 is 15.9 Å². The lowest BCUT2D eigenvalue weighted by molar-refractivity contribution is 0.109. The molecule has 0 aromatic heterocycles. The third-order valence-corrected chi connectivity index (χ3v) is 4.27. The second-order valence-electron chi connectivity index (χ2n) is 5.32. The van der Waals surface area contributed by atoms with Gasteiger partial charge in [-0.05, 0) is 56.5 Å². The zero-order valence-corrected chi connectivity index (χ0v) is 12.8. The molecule has 2 nitrogen and oxygen atoms in total. The van der Waals surface area contributed by atoms with E-state index in [1.807, 2.05) is 24.3 Å². The van der Waals surface area contributed by atoms with Crippen molar-refractivity contribution in [1.29, 1.82) is 0 Å². The van der Waals surface area contributed by atoms with E-state index in [4.69, 9.17) is 4.74 Å². The number of likely N-dealkylation sites (tertiary alicyclic amines) is 1. The van der Waals surface area contributed by atoms with Crippen molar-refractivity contribution in [3.8, 4) is 5.75 Å². The van der Waals surface area contributed by atoms with E-state index in [0.717, 1.165) is 29.3 Å². The molecule has 100 valence electrons. The Morgan fingerprint density at radius 2 is 2.00 bits per heavy atom. The molecule has 0 aliphatic carbocycles. The van der Waals surface area contributed by atoms with Crippen LogP contribution in [0.15, 0.2) is 28.7 Å². The van der Waals surface area contributed by atoms with Gasteiger partial charge in [-0.1, -0.05) is 22.9 Å². The fourth-order valence-electron chi connectivity index (χ4n) is 2.60. The molecule has 3 heteroatoms. The molecular weight excluding hydrogens is 290 g/mol. The summed E-state index contributed by atoms with van der Waals surface area (Å²) >= 11 is 3.43. The fraction of sp³-hybridized carbons (Fsp3) is 0.600. The molecule has 1 aliphatic heterocycles. The number of hydrogen-bond donors (Lipinski definition) is 0. The van der Waals surface area contributed by atoms with Gasteiger partial charge in [0.05, 0.1) is 0 Å². The largest absolute Gasteiger partial charge is 0.492 e. The van der Waals surface area contributed by atoms with E-state index in [2.05, 4.69) is 34.7 Å². The standard InChI is InChI=1S/C15H22BrNO/c1-12-7-8-17(13(2)11-12)9-10-18-15-5-3-14(16)4-6-15/h3-6,12-13H,7-11H2,1-2H3. The second-order valence-corrected chi connectivity index (χ2v) is 6.23. The van der Waals surface area contributed by atoms with Crippen molar-refractivity contribution < 1.29 is 4.74 Å². The molecule has 1 heterocycles. The Kier molecular flexibility index (Phi) is 5.07. The van der Waals surface area contributed by atoms with E-state index in [0.29, 0.717) is 6.04 Å². The highest BCUT2D eigenvalue weighted by molar-refractivity contribution is 9.10. The maximum absolute atomic E-state index is 5.78. The van der Waals surface area contributed by atoms with Crippen molar-refractivity contribution in [3.05, 3.63) is 28.7 Å². The molecule has 0 bridgehead atoms. The van der Waals surface area contributed by atoms with Crippen molar-refractivity contribution in [2.24, 2.45) is 5.92 Å². The van der Waals surface area contributed by atoms with E-state index in [9.17, 15) is 0 Å². The van der Waals surface area contributed by atoms with Crippen LogP contribution in [0.2, 0.25) is 0 Å². The van der Waals surface area contributed by atoms with Gasteiger partial charge in [-0.3, -0.25) is 4.90 Å². The number of rotatable bonds is 4. The smallest absolute Gasteiger partial charge is 0.119 e. The summed E-state index contributed by atoms with van der Waals surface area (Å²) in [5, 5.41) is 0. The van der Waals surface area contributed by atoms with Crippen LogP contribution in [0.1, 0.15) is 26.7 Å². The summed E-state index contributed by atoms with van der Waals surface area (Å²) in [5.74, 6) is 1.83. The van der Waals surface area contributed by atoms with Crippen molar-refractivity contribution in [2.75, 3.05) is 19.7 Å². The number of hydrogen-bond acceptors (Lipinski definition) is 2. The minimum Gasteiger partial charge on any atom is -0.492 e. The quantitative estimate of drug-likeness (QED) is 0.835. The van der Waals surface area contributed by atoms with Gasteiger partial charge in [-0.15, -0.1) is 0 Å². The summed E-state index contributed by atoms with van der Waals surface area (Å²) in [5.41, 5.74) is 0. The Hall–Kier alpha value is -0.540. The van der Waals surface area contributed by atoms with Gasteiger partial charge in [0.25, 0.3) is 0 Å². The second kappa shape index (κ2) is 6.58.